The lowest BCUT2D eigenvalue weighted by molar-refractivity contribution is -0.163. The van der Waals surface area contributed by atoms with E-state index in [1.807, 2.05) is 0 Å². The van der Waals surface area contributed by atoms with Crippen molar-refractivity contribution in [3.05, 3.63) is 60.8 Å². The van der Waals surface area contributed by atoms with Gasteiger partial charge in [0.15, 0.2) is 6.10 Å². The standard InChI is InChI=1S/C47H82O5/c1-4-7-10-13-16-18-20-22-23-24-25-27-28-30-32-34-37-40-46(48)51-44-45(43-50-42-39-36-15-12-9-6-3)52-47(49)41-38-35-33-31-29-26-21-19-17-14-11-8-5-2/h8,11,16-19,22-23,26,29,45H,4-7,9-10,12-15,20-21,24-25,27-28,30-44H2,1-3H3/b11-8-,18-16-,19-17-,23-22-,29-26-. The number of esters is 2. The second-order valence-corrected chi connectivity index (χ2v) is 14.2. The van der Waals surface area contributed by atoms with E-state index in [1.165, 1.54) is 83.5 Å². The molecule has 0 N–H and O–H groups in total. The van der Waals surface area contributed by atoms with Gasteiger partial charge >= 0.3 is 11.9 Å². The molecule has 0 aromatic heterocycles. The number of ether oxygens (including phenoxy) is 3. The average Bonchev–Trinajstić information content (AvgIpc) is 3.14. The summed E-state index contributed by atoms with van der Waals surface area (Å²) in [6.07, 6.45) is 52.2. The fourth-order valence-corrected chi connectivity index (χ4v) is 5.79. The Morgan fingerprint density at radius 2 is 0.865 bits per heavy atom. The molecule has 1 unspecified atom stereocenters. The first kappa shape index (κ1) is 49.6. The maximum Gasteiger partial charge on any atom is 0.306 e. The predicted molar refractivity (Wildman–Crippen MR) is 224 cm³/mol. The highest BCUT2D eigenvalue weighted by molar-refractivity contribution is 5.70. The summed E-state index contributed by atoms with van der Waals surface area (Å²) < 4.78 is 17.2. The van der Waals surface area contributed by atoms with Gasteiger partial charge in [0, 0.05) is 19.4 Å². The Balaban J connectivity index is 4.17. The Kier molecular flexibility index (Phi) is 41.0. The van der Waals surface area contributed by atoms with Crippen LogP contribution in [0.15, 0.2) is 60.8 Å². The first-order valence-electron chi connectivity index (χ1n) is 21.8. The van der Waals surface area contributed by atoms with Crippen LogP contribution in [0.25, 0.3) is 0 Å². The Morgan fingerprint density at radius 1 is 0.442 bits per heavy atom. The van der Waals surface area contributed by atoms with Gasteiger partial charge in [-0.3, -0.25) is 9.59 Å². The van der Waals surface area contributed by atoms with Gasteiger partial charge in [0.1, 0.15) is 6.61 Å². The normalized spacial score (nSPS) is 12.8. The highest BCUT2D eigenvalue weighted by Crippen LogP contribution is 2.12. The van der Waals surface area contributed by atoms with Gasteiger partial charge < -0.3 is 14.2 Å². The lowest BCUT2D eigenvalue weighted by Gasteiger charge is -2.18. The zero-order chi connectivity index (χ0) is 37.8. The molecule has 0 rings (SSSR count). The Labute approximate surface area is 322 Å². The van der Waals surface area contributed by atoms with E-state index in [4.69, 9.17) is 14.2 Å². The third-order valence-electron chi connectivity index (χ3n) is 9.04. The van der Waals surface area contributed by atoms with E-state index in [-0.39, 0.29) is 25.2 Å². The van der Waals surface area contributed by atoms with Gasteiger partial charge in [0.25, 0.3) is 0 Å². The summed E-state index contributed by atoms with van der Waals surface area (Å²) in [5.74, 6) is -0.445. The van der Waals surface area contributed by atoms with Gasteiger partial charge in [-0.15, -0.1) is 0 Å². The highest BCUT2D eigenvalue weighted by Gasteiger charge is 2.17. The summed E-state index contributed by atoms with van der Waals surface area (Å²) in [6, 6.07) is 0. The minimum Gasteiger partial charge on any atom is -0.462 e. The number of rotatable bonds is 39. The van der Waals surface area contributed by atoms with Crippen molar-refractivity contribution in [1.82, 2.24) is 0 Å². The summed E-state index contributed by atoms with van der Waals surface area (Å²) in [4.78, 5) is 25.1. The van der Waals surface area contributed by atoms with Crippen molar-refractivity contribution in [3.63, 3.8) is 0 Å². The highest BCUT2D eigenvalue weighted by atomic mass is 16.6. The average molecular weight is 727 g/mol. The van der Waals surface area contributed by atoms with E-state index < -0.39 is 6.10 Å². The molecule has 0 aliphatic carbocycles. The molecule has 5 nitrogen and oxygen atoms in total. The Bertz CT molecular complexity index is 915. The van der Waals surface area contributed by atoms with Gasteiger partial charge in [-0.05, 0) is 83.5 Å². The SMILES string of the molecule is CC/C=C\C/C=C\C/C=C\CCCCCC(=O)OC(COCCCCCCCC)COC(=O)CCCCCCCCC/C=C\C/C=C\CCCCC. The minimum atomic E-state index is -0.549. The van der Waals surface area contributed by atoms with Gasteiger partial charge in [-0.1, -0.05) is 165 Å². The Hall–Kier alpha value is -2.40. The predicted octanol–water partition coefficient (Wildman–Crippen LogP) is 14.2. The molecule has 5 heteroatoms. The molecule has 0 spiro atoms. The zero-order valence-electron chi connectivity index (χ0n) is 34.3. The molecule has 0 aliphatic heterocycles. The molecular weight excluding hydrogens is 645 g/mol. The molecule has 0 saturated heterocycles. The number of hydrogen-bond donors (Lipinski definition) is 0. The van der Waals surface area contributed by atoms with E-state index >= 15 is 0 Å². The molecule has 0 fully saturated rings. The van der Waals surface area contributed by atoms with Crippen LogP contribution in [0.1, 0.15) is 201 Å². The van der Waals surface area contributed by atoms with Crippen molar-refractivity contribution >= 4 is 11.9 Å². The van der Waals surface area contributed by atoms with Crippen LogP contribution in [-0.4, -0.2) is 37.9 Å². The second kappa shape index (κ2) is 43.0. The lowest BCUT2D eigenvalue weighted by Crippen LogP contribution is -2.30. The molecule has 52 heavy (non-hydrogen) atoms. The molecular formula is C47H82O5. The van der Waals surface area contributed by atoms with Crippen molar-refractivity contribution in [3.8, 4) is 0 Å². The molecule has 0 saturated carbocycles. The number of carbonyl (C=O) groups is 2. The maximum absolute atomic E-state index is 12.6. The van der Waals surface area contributed by atoms with Crippen molar-refractivity contribution in [2.45, 2.75) is 207 Å². The molecule has 0 aromatic rings. The molecule has 1 atom stereocenters. The zero-order valence-corrected chi connectivity index (χ0v) is 34.3. The van der Waals surface area contributed by atoms with Gasteiger partial charge in [-0.25, -0.2) is 0 Å². The van der Waals surface area contributed by atoms with Gasteiger partial charge in [0.05, 0.1) is 6.61 Å². The molecule has 0 radical (unpaired) electrons. The second-order valence-electron chi connectivity index (χ2n) is 14.2. The Morgan fingerprint density at radius 3 is 1.44 bits per heavy atom. The quantitative estimate of drug-likeness (QED) is 0.0358. The number of allylic oxidation sites excluding steroid dienone is 10. The van der Waals surface area contributed by atoms with Crippen LogP contribution in [0.5, 0.6) is 0 Å². The number of unbranched alkanes of at least 4 members (excludes halogenated alkanes) is 18. The van der Waals surface area contributed by atoms with Crippen LogP contribution in [-0.2, 0) is 23.8 Å². The fourth-order valence-electron chi connectivity index (χ4n) is 5.79. The summed E-state index contributed by atoms with van der Waals surface area (Å²) in [5.41, 5.74) is 0. The van der Waals surface area contributed by atoms with E-state index in [1.54, 1.807) is 0 Å². The number of carbonyl (C=O) groups excluding carboxylic acids is 2. The topological polar surface area (TPSA) is 61.8 Å². The summed E-state index contributed by atoms with van der Waals surface area (Å²) in [7, 11) is 0. The van der Waals surface area contributed by atoms with E-state index in [9.17, 15) is 9.59 Å². The fraction of sp³-hybridized carbons (Fsp3) is 0.745. The van der Waals surface area contributed by atoms with Gasteiger partial charge in [0.2, 0.25) is 0 Å². The van der Waals surface area contributed by atoms with Crippen molar-refractivity contribution in [1.29, 1.82) is 0 Å². The lowest BCUT2D eigenvalue weighted by atomic mass is 10.1. The van der Waals surface area contributed by atoms with E-state index in [0.29, 0.717) is 19.4 Å². The number of hydrogen-bond acceptors (Lipinski definition) is 5. The van der Waals surface area contributed by atoms with Crippen molar-refractivity contribution in [2.75, 3.05) is 19.8 Å². The molecule has 0 bridgehead atoms. The van der Waals surface area contributed by atoms with Crippen molar-refractivity contribution < 1.29 is 23.8 Å². The molecule has 300 valence electrons. The summed E-state index contributed by atoms with van der Waals surface area (Å²) in [5, 5.41) is 0. The van der Waals surface area contributed by atoms with E-state index in [0.717, 1.165) is 83.5 Å². The van der Waals surface area contributed by atoms with Crippen LogP contribution >= 0.6 is 0 Å². The first-order chi connectivity index (χ1) is 25.6. The molecule has 0 heterocycles. The third kappa shape index (κ3) is 40.4. The smallest absolute Gasteiger partial charge is 0.306 e. The van der Waals surface area contributed by atoms with Gasteiger partial charge in [-0.2, -0.15) is 0 Å². The minimum absolute atomic E-state index is 0.0684. The monoisotopic (exact) mass is 727 g/mol. The van der Waals surface area contributed by atoms with Crippen molar-refractivity contribution in [2.24, 2.45) is 0 Å². The van der Waals surface area contributed by atoms with Crippen LogP contribution < -0.4 is 0 Å². The third-order valence-corrected chi connectivity index (χ3v) is 9.04. The largest absolute Gasteiger partial charge is 0.462 e. The van der Waals surface area contributed by atoms with Crippen LogP contribution in [0.2, 0.25) is 0 Å². The maximum atomic E-state index is 12.6. The first-order valence-corrected chi connectivity index (χ1v) is 21.8. The van der Waals surface area contributed by atoms with Crippen LogP contribution in [0.4, 0.5) is 0 Å². The van der Waals surface area contributed by atoms with Crippen LogP contribution in [0, 0.1) is 0 Å². The summed E-state index contributed by atoms with van der Waals surface area (Å²) in [6.45, 7) is 7.60. The van der Waals surface area contributed by atoms with E-state index in [2.05, 4.69) is 81.5 Å². The molecule has 0 amide bonds. The summed E-state index contributed by atoms with van der Waals surface area (Å²) >= 11 is 0. The molecule has 0 aliphatic rings. The molecule has 0 aromatic carbocycles. The van der Waals surface area contributed by atoms with Crippen LogP contribution in [0.3, 0.4) is 0 Å².